The lowest BCUT2D eigenvalue weighted by atomic mass is 10.3. The molecule has 0 aliphatic carbocycles. The van der Waals surface area contributed by atoms with Gasteiger partial charge in [-0.25, -0.2) is 4.98 Å². The van der Waals surface area contributed by atoms with E-state index in [4.69, 9.17) is 23.2 Å². The number of para-hydroxylation sites is 1. The number of halogens is 2. The fourth-order valence-electron chi connectivity index (χ4n) is 1.26. The Kier molecular flexibility index (Phi) is 2.42. The highest BCUT2D eigenvalue weighted by atomic mass is 35.5. The van der Waals surface area contributed by atoms with Crippen LogP contribution in [0.25, 0.3) is 11.0 Å². The van der Waals surface area contributed by atoms with Crippen LogP contribution in [-0.4, -0.2) is 15.8 Å². The van der Waals surface area contributed by atoms with E-state index in [0.29, 0.717) is 10.9 Å². The molecule has 0 saturated carbocycles. The van der Waals surface area contributed by atoms with Gasteiger partial charge in [0.05, 0.1) is 10.5 Å². The molecule has 1 aromatic heterocycles. The van der Waals surface area contributed by atoms with Gasteiger partial charge >= 0.3 is 0 Å². The molecule has 2 rings (SSSR count). The average molecular weight is 215 g/mol. The first kappa shape index (κ1) is 8.85. The monoisotopic (exact) mass is 214 g/mol. The zero-order valence-electron chi connectivity index (χ0n) is 6.85. The van der Waals surface area contributed by atoms with Gasteiger partial charge in [-0.15, -0.1) is 11.6 Å². The van der Waals surface area contributed by atoms with Gasteiger partial charge in [0.2, 0.25) is 0 Å². The number of alkyl halides is 1. The van der Waals surface area contributed by atoms with Gasteiger partial charge in [0.25, 0.3) is 0 Å². The maximum absolute atomic E-state index is 5.96. The zero-order valence-corrected chi connectivity index (χ0v) is 8.36. The second-order valence-corrected chi connectivity index (χ2v) is 3.54. The Hall–Kier alpha value is -0.730. The lowest BCUT2D eigenvalue weighted by Crippen LogP contribution is -1.87. The Morgan fingerprint density at radius 1 is 1.38 bits per heavy atom. The number of fused-ring (bicyclic) bond motifs is 1. The SMILES string of the molecule is ClCCc1nc2c(Cl)cccc2[nH]1. The Morgan fingerprint density at radius 3 is 2.92 bits per heavy atom. The number of hydrogen-bond donors (Lipinski definition) is 1. The topological polar surface area (TPSA) is 28.7 Å². The largest absolute Gasteiger partial charge is 0.342 e. The minimum absolute atomic E-state index is 0.567. The van der Waals surface area contributed by atoms with Crippen LogP contribution in [0.3, 0.4) is 0 Å². The van der Waals surface area contributed by atoms with Crippen molar-refractivity contribution in [1.29, 1.82) is 0 Å². The average Bonchev–Trinajstić information content (AvgIpc) is 2.49. The van der Waals surface area contributed by atoms with Gasteiger partial charge in [-0.2, -0.15) is 0 Å². The molecule has 1 N–H and O–H groups in total. The van der Waals surface area contributed by atoms with Crippen LogP contribution in [0.2, 0.25) is 5.02 Å². The molecule has 0 aliphatic heterocycles. The van der Waals surface area contributed by atoms with Crippen LogP contribution >= 0.6 is 23.2 Å². The maximum atomic E-state index is 5.96. The van der Waals surface area contributed by atoms with Gasteiger partial charge < -0.3 is 4.98 Å². The Labute approximate surface area is 85.9 Å². The van der Waals surface area contributed by atoms with E-state index in [1.807, 2.05) is 18.2 Å². The summed E-state index contributed by atoms with van der Waals surface area (Å²) in [6, 6.07) is 5.68. The standard InChI is InChI=1S/C9H8Cl2N2/c10-5-4-8-12-7-3-1-2-6(11)9(7)13-8/h1-3H,4-5H2,(H,12,13). The minimum atomic E-state index is 0.567. The van der Waals surface area contributed by atoms with Crippen LogP contribution in [0.15, 0.2) is 18.2 Å². The highest BCUT2D eigenvalue weighted by Crippen LogP contribution is 2.20. The van der Waals surface area contributed by atoms with E-state index in [0.717, 1.165) is 23.3 Å². The first-order valence-electron chi connectivity index (χ1n) is 4.00. The van der Waals surface area contributed by atoms with Crippen LogP contribution < -0.4 is 0 Å². The molecule has 0 saturated heterocycles. The molecule has 1 aromatic carbocycles. The van der Waals surface area contributed by atoms with E-state index in [-0.39, 0.29) is 0 Å². The molecule has 0 bridgehead atoms. The number of aromatic amines is 1. The Balaban J connectivity index is 2.55. The third kappa shape index (κ3) is 1.64. The predicted octanol–water partition coefficient (Wildman–Crippen LogP) is 3.00. The molecule has 0 spiro atoms. The molecule has 2 aromatic rings. The third-order valence-corrected chi connectivity index (χ3v) is 2.34. The summed E-state index contributed by atoms with van der Waals surface area (Å²) in [6.07, 6.45) is 0.743. The molecule has 0 radical (unpaired) electrons. The van der Waals surface area contributed by atoms with Gasteiger partial charge in [-0.05, 0) is 12.1 Å². The third-order valence-electron chi connectivity index (χ3n) is 1.84. The van der Waals surface area contributed by atoms with E-state index in [1.165, 1.54) is 0 Å². The molecule has 2 nitrogen and oxygen atoms in total. The number of aryl methyl sites for hydroxylation is 1. The Morgan fingerprint density at radius 2 is 2.23 bits per heavy atom. The van der Waals surface area contributed by atoms with E-state index in [2.05, 4.69) is 9.97 Å². The first-order chi connectivity index (χ1) is 6.31. The van der Waals surface area contributed by atoms with Crippen LogP contribution in [0.1, 0.15) is 5.82 Å². The van der Waals surface area contributed by atoms with Crippen LogP contribution in [-0.2, 0) is 6.42 Å². The van der Waals surface area contributed by atoms with E-state index < -0.39 is 0 Å². The predicted molar refractivity (Wildman–Crippen MR) is 55.5 cm³/mol. The molecule has 13 heavy (non-hydrogen) atoms. The number of benzene rings is 1. The van der Waals surface area contributed by atoms with Crippen molar-refractivity contribution in [3.05, 3.63) is 29.0 Å². The summed E-state index contributed by atoms with van der Waals surface area (Å²) in [5, 5.41) is 0.676. The normalized spacial score (nSPS) is 10.9. The highest BCUT2D eigenvalue weighted by Gasteiger charge is 2.04. The number of H-pyrrole nitrogens is 1. The molecular weight excluding hydrogens is 207 g/mol. The minimum Gasteiger partial charge on any atom is -0.342 e. The summed E-state index contributed by atoms with van der Waals surface area (Å²) in [5.41, 5.74) is 1.79. The molecule has 0 unspecified atom stereocenters. The maximum Gasteiger partial charge on any atom is 0.108 e. The molecule has 1 heterocycles. The highest BCUT2D eigenvalue weighted by molar-refractivity contribution is 6.34. The molecule has 68 valence electrons. The van der Waals surface area contributed by atoms with Crippen LogP contribution in [0, 0.1) is 0 Å². The van der Waals surface area contributed by atoms with Gasteiger partial charge in [-0.3, -0.25) is 0 Å². The first-order valence-corrected chi connectivity index (χ1v) is 4.91. The summed E-state index contributed by atoms with van der Waals surface area (Å²) in [4.78, 5) is 7.49. The summed E-state index contributed by atoms with van der Waals surface area (Å²) in [5.74, 6) is 1.45. The number of hydrogen-bond acceptors (Lipinski definition) is 1. The lowest BCUT2D eigenvalue weighted by molar-refractivity contribution is 1.01. The van der Waals surface area contributed by atoms with Gasteiger partial charge in [0.15, 0.2) is 0 Å². The Bertz CT molecular complexity index is 422. The molecule has 0 amide bonds. The molecule has 0 aliphatic rings. The second-order valence-electron chi connectivity index (χ2n) is 2.76. The van der Waals surface area contributed by atoms with E-state index >= 15 is 0 Å². The van der Waals surface area contributed by atoms with Crippen LogP contribution in [0.5, 0.6) is 0 Å². The summed E-state index contributed by atoms with van der Waals surface area (Å²) >= 11 is 11.6. The van der Waals surface area contributed by atoms with E-state index in [1.54, 1.807) is 0 Å². The van der Waals surface area contributed by atoms with Gasteiger partial charge in [-0.1, -0.05) is 17.7 Å². The van der Waals surface area contributed by atoms with Gasteiger partial charge in [0, 0.05) is 12.3 Å². The van der Waals surface area contributed by atoms with Crippen molar-refractivity contribution in [2.75, 3.05) is 5.88 Å². The van der Waals surface area contributed by atoms with Crippen molar-refractivity contribution >= 4 is 34.2 Å². The summed E-state index contributed by atoms with van der Waals surface area (Å²) in [6.45, 7) is 0. The van der Waals surface area contributed by atoms with Crippen LogP contribution in [0.4, 0.5) is 0 Å². The number of nitrogens with one attached hydrogen (secondary N) is 1. The molecule has 4 heteroatoms. The quantitative estimate of drug-likeness (QED) is 0.766. The van der Waals surface area contributed by atoms with Crippen molar-refractivity contribution in [2.24, 2.45) is 0 Å². The van der Waals surface area contributed by atoms with E-state index in [9.17, 15) is 0 Å². The number of rotatable bonds is 2. The fraction of sp³-hybridized carbons (Fsp3) is 0.222. The molecule has 0 atom stereocenters. The van der Waals surface area contributed by atoms with Crippen molar-refractivity contribution < 1.29 is 0 Å². The van der Waals surface area contributed by atoms with Crippen molar-refractivity contribution in [3.8, 4) is 0 Å². The number of nitrogens with zero attached hydrogens (tertiary/aromatic N) is 1. The van der Waals surface area contributed by atoms with Crippen molar-refractivity contribution in [2.45, 2.75) is 6.42 Å². The molecular formula is C9H8Cl2N2. The summed E-state index contributed by atoms with van der Waals surface area (Å²) < 4.78 is 0. The smallest absolute Gasteiger partial charge is 0.108 e. The molecule has 0 fully saturated rings. The number of aromatic nitrogens is 2. The number of imidazole rings is 1. The van der Waals surface area contributed by atoms with Crippen molar-refractivity contribution in [1.82, 2.24) is 9.97 Å². The lowest BCUT2D eigenvalue weighted by Gasteiger charge is -1.88. The van der Waals surface area contributed by atoms with Gasteiger partial charge in [0.1, 0.15) is 11.3 Å². The second kappa shape index (κ2) is 3.56. The zero-order chi connectivity index (χ0) is 9.26. The summed E-state index contributed by atoms with van der Waals surface area (Å²) in [7, 11) is 0. The van der Waals surface area contributed by atoms with Crippen molar-refractivity contribution in [3.63, 3.8) is 0 Å². The fourth-order valence-corrected chi connectivity index (χ4v) is 1.65.